The van der Waals surface area contributed by atoms with Crippen molar-refractivity contribution in [2.24, 2.45) is 0 Å². The van der Waals surface area contributed by atoms with Gasteiger partial charge in [0.1, 0.15) is 11.6 Å². The largest absolute Gasteiger partial charge is 0.322 e. The SMILES string of the molecule is c1ccc(CN2CCCC2c2cncc(Nc3cnccn3)n2)cc1. The highest BCUT2D eigenvalue weighted by atomic mass is 15.2. The van der Waals surface area contributed by atoms with Crippen LogP contribution in [0.5, 0.6) is 0 Å². The minimum atomic E-state index is 0.302. The van der Waals surface area contributed by atoms with E-state index in [1.165, 1.54) is 12.0 Å². The van der Waals surface area contributed by atoms with Gasteiger partial charge in [0.25, 0.3) is 0 Å². The number of hydrogen-bond donors (Lipinski definition) is 1. The lowest BCUT2D eigenvalue weighted by Crippen LogP contribution is -2.23. The van der Waals surface area contributed by atoms with Gasteiger partial charge >= 0.3 is 0 Å². The highest BCUT2D eigenvalue weighted by Gasteiger charge is 2.27. The quantitative estimate of drug-likeness (QED) is 0.773. The lowest BCUT2D eigenvalue weighted by atomic mass is 10.1. The molecule has 0 amide bonds. The Bertz CT molecular complexity index is 808. The van der Waals surface area contributed by atoms with Crippen molar-refractivity contribution in [3.63, 3.8) is 0 Å². The summed E-state index contributed by atoms with van der Waals surface area (Å²) in [5.74, 6) is 1.37. The standard InChI is InChI=1S/C19H20N6/c1-2-5-15(6-3-1)14-25-10-4-7-17(25)16-11-21-13-19(23-16)24-18-12-20-8-9-22-18/h1-3,5-6,8-9,11-13,17H,4,7,10,14H2,(H,22,23,24). The summed E-state index contributed by atoms with van der Waals surface area (Å²) in [4.78, 5) is 19.9. The minimum absolute atomic E-state index is 0.302. The molecule has 2 aromatic heterocycles. The lowest BCUT2D eigenvalue weighted by molar-refractivity contribution is 0.244. The molecular weight excluding hydrogens is 312 g/mol. The number of likely N-dealkylation sites (tertiary alicyclic amines) is 1. The first-order chi connectivity index (χ1) is 12.4. The van der Waals surface area contributed by atoms with Crippen LogP contribution in [0.15, 0.2) is 61.3 Å². The van der Waals surface area contributed by atoms with Gasteiger partial charge in [0.15, 0.2) is 0 Å². The number of anilines is 2. The first-order valence-corrected chi connectivity index (χ1v) is 8.51. The zero-order chi connectivity index (χ0) is 16.9. The molecular formula is C19H20N6. The van der Waals surface area contributed by atoms with Crippen LogP contribution in [0.3, 0.4) is 0 Å². The molecule has 4 rings (SSSR count). The first-order valence-electron chi connectivity index (χ1n) is 8.51. The maximum atomic E-state index is 4.76. The summed E-state index contributed by atoms with van der Waals surface area (Å²) in [6.45, 7) is 2.03. The Morgan fingerprint density at radius 3 is 2.72 bits per heavy atom. The smallest absolute Gasteiger partial charge is 0.150 e. The van der Waals surface area contributed by atoms with E-state index in [1.807, 2.05) is 6.20 Å². The van der Waals surface area contributed by atoms with Gasteiger partial charge in [-0.15, -0.1) is 0 Å². The van der Waals surface area contributed by atoms with Crippen LogP contribution >= 0.6 is 0 Å². The Balaban J connectivity index is 1.51. The molecule has 6 nitrogen and oxygen atoms in total. The number of benzene rings is 1. The van der Waals surface area contributed by atoms with Gasteiger partial charge in [0.05, 0.1) is 30.3 Å². The van der Waals surface area contributed by atoms with Gasteiger partial charge in [0.2, 0.25) is 0 Å². The fourth-order valence-corrected chi connectivity index (χ4v) is 3.26. The van der Waals surface area contributed by atoms with E-state index in [2.05, 4.69) is 55.5 Å². The number of nitrogens with one attached hydrogen (secondary N) is 1. The second-order valence-electron chi connectivity index (χ2n) is 6.16. The molecule has 1 aliphatic rings. The topological polar surface area (TPSA) is 66.8 Å². The van der Waals surface area contributed by atoms with E-state index < -0.39 is 0 Å². The molecule has 1 N–H and O–H groups in total. The third kappa shape index (κ3) is 3.80. The monoisotopic (exact) mass is 332 g/mol. The van der Waals surface area contributed by atoms with Crippen LogP contribution in [0.25, 0.3) is 0 Å². The van der Waals surface area contributed by atoms with Crippen molar-refractivity contribution >= 4 is 11.6 Å². The molecule has 0 saturated carbocycles. The Morgan fingerprint density at radius 2 is 1.88 bits per heavy atom. The summed E-state index contributed by atoms with van der Waals surface area (Å²) < 4.78 is 0. The average molecular weight is 332 g/mol. The average Bonchev–Trinajstić information content (AvgIpc) is 3.12. The van der Waals surface area contributed by atoms with Crippen molar-refractivity contribution in [1.82, 2.24) is 24.8 Å². The first kappa shape index (κ1) is 15.7. The van der Waals surface area contributed by atoms with Gasteiger partial charge in [-0.2, -0.15) is 0 Å². The van der Waals surface area contributed by atoms with Gasteiger partial charge in [-0.05, 0) is 24.9 Å². The summed E-state index contributed by atoms with van der Waals surface area (Å²) in [7, 11) is 0. The van der Waals surface area contributed by atoms with Gasteiger partial charge < -0.3 is 5.32 Å². The summed E-state index contributed by atoms with van der Waals surface area (Å²) in [5.41, 5.74) is 2.33. The van der Waals surface area contributed by atoms with Crippen LogP contribution in [-0.2, 0) is 6.54 Å². The predicted molar refractivity (Wildman–Crippen MR) is 96.2 cm³/mol. The van der Waals surface area contributed by atoms with Crippen molar-refractivity contribution in [2.75, 3.05) is 11.9 Å². The number of rotatable bonds is 5. The van der Waals surface area contributed by atoms with Crippen LogP contribution in [0.2, 0.25) is 0 Å². The van der Waals surface area contributed by atoms with Crippen molar-refractivity contribution in [2.45, 2.75) is 25.4 Å². The fraction of sp³-hybridized carbons (Fsp3) is 0.263. The predicted octanol–water partition coefficient (Wildman–Crippen LogP) is 3.35. The Kier molecular flexibility index (Phi) is 4.61. The molecule has 1 fully saturated rings. The molecule has 3 heterocycles. The van der Waals surface area contributed by atoms with E-state index in [4.69, 9.17) is 4.98 Å². The normalized spacial score (nSPS) is 17.5. The zero-order valence-corrected chi connectivity index (χ0v) is 13.9. The second kappa shape index (κ2) is 7.36. The zero-order valence-electron chi connectivity index (χ0n) is 13.9. The molecule has 1 unspecified atom stereocenters. The molecule has 25 heavy (non-hydrogen) atoms. The van der Waals surface area contributed by atoms with Crippen molar-refractivity contribution in [3.8, 4) is 0 Å². The third-order valence-electron chi connectivity index (χ3n) is 4.41. The molecule has 0 spiro atoms. The number of aromatic nitrogens is 4. The van der Waals surface area contributed by atoms with E-state index in [9.17, 15) is 0 Å². The Morgan fingerprint density at radius 1 is 1.00 bits per heavy atom. The minimum Gasteiger partial charge on any atom is -0.322 e. The van der Waals surface area contributed by atoms with Gasteiger partial charge in [-0.1, -0.05) is 30.3 Å². The van der Waals surface area contributed by atoms with Crippen LogP contribution in [-0.4, -0.2) is 31.4 Å². The fourth-order valence-electron chi connectivity index (χ4n) is 3.26. The molecule has 1 saturated heterocycles. The molecule has 3 aromatic rings. The summed E-state index contributed by atoms with van der Waals surface area (Å²) in [6, 6.07) is 10.9. The third-order valence-corrected chi connectivity index (χ3v) is 4.41. The van der Waals surface area contributed by atoms with Gasteiger partial charge in [-0.25, -0.2) is 9.97 Å². The Labute approximate surface area is 147 Å². The van der Waals surface area contributed by atoms with E-state index in [-0.39, 0.29) is 0 Å². The summed E-state index contributed by atoms with van der Waals surface area (Å²) in [6.07, 6.45) is 10.8. The van der Waals surface area contributed by atoms with Crippen molar-refractivity contribution < 1.29 is 0 Å². The maximum Gasteiger partial charge on any atom is 0.150 e. The van der Waals surface area contributed by atoms with E-state index >= 15 is 0 Å². The Hall–Kier alpha value is -2.86. The molecule has 0 radical (unpaired) electrons. The van der Waals surface area contributed by atoms with Crippen molar-refractivity contribution in [1.29, 1.82) is 0 Å². The number of hydrogen-bond acceptors (Lipinski definition) is 6. The van der Waals surface area contributed by atoms with Gasteiger partial charge in [-0.3, -0.25) is 14.9 Å². The highest BCUT2D eigenvalue weighted by Crippen LogP contribution is 2.32. The molecule has 1 atom stereocenters. The second-order valence-corrected chi connectivity index (χ2v) is 6.16. The van der Waals surface area contributed by atoms with Gasteiger partial charge in [0, 0.05) is 18.9 Å². The van der Waals surface area contributed by atoms with Crippen LogP contribution in [0, 0.1) is 0 Å². The highest BCUT2D eigenvalue weighted by molar-refractivity contribution is 5.48. The van der Waals surface area contributed by atoms with Crippen molar-refractivity contribution in [3.05, 3.63) is 72.6 Å². The molecule has 6 heteroatoms. The molecule has 0 aliphatic carbocycles. The summed E-state index contributed by atoms with van der Waals surface area (Å²) >= 11 is 0. The van der Waals surface area contributed by atoms with Crippen LogP contribution in [0.4, 0.5) is 11.6 Å². The van der Waals surface area contributed by atoms with Crippen LogP contribution < -0.4 is 5.32 Å². The molecule has 1 aliphatic heterocycles. The lowest BCUT2D eigenvalue weighted by Gasteiger charge is -2.24. The van der Waals surface area contributed by atoms with E-state index in [0.29, 0.717) is 17.7 Å². The molecule has 0 bridgehead atoms. The molecule has 126 valence electrons. The maximum absolute atomic E-state index is 4.76. The summed E-state index contributed by atoms with van der Waals surface area (Å²) in [5, 5.41) is 3.17. The van der Waals surface area contributed by atoms with E-state index in [1.54, 1.807) is 24.8 Å². The number of nitrogens with zero attached hydrogens (tertiary/aromatic N) is 5. The van der Waals surface area contributed by atoms with E-state index in [0.717, 1.165) is 25.2 Å². The van der Waals surface area contributed by atoms with Crippen LogP contribution in [0.1, 0.15) is 30.1 Å². The molecule has 1 aromatic carbocycles.